The summed E-state index contributed by atoms with van der Waals surface area (Å²) in [6.07, 6.45) is 1.55. The van der Waals surface area contributed by atoms with Crippen molar-refractivity contribution >= 4 is 33.4 Å². The molecule has 1 amide bonds. The summed E-state index contributed by atoms with van der Waals surface area (Å²) in [7, 11) is 0. The van der Waals surface area contributed by atoms with E-state index in [4.69, 9.17) is 0 Å². The number of benzene rings is 1. The van der Waals surface area contributed by atoms with Crippen molar-refractivity contribution < 1.29 is 9.72 Å². The number of aromatic nitrogens is 2. The molecule has 0 saturated carbocycles. The molecule has 0 spiro atoms. The van der Waals surface area contributed by atoms with Crippen molar-refractivity contribution in [3.63, 3.8) is 0 Å². The monoisotopic (exact) mass is 328 g/mol. The Morgan fingerprint density at radius 3 is 2.79 bits per heavy atom. The van der Waals surface area contributed by atoms with Crippen molar-refractivity contribution in [2.75, 3.05) is 0 Å². The van der Waals surface area contributed by atoms with Gasteiger partial charge in [0.1, 0.15) is 5.52 Å². The lowest BCUT2D eigenvalue weighted by atomic mass is 10.1. The van der Waals surface area contributed by atoms with Gasteiger partial charge < -0.3 is 15.3 Å². The highest BCUT2D eigenvalue weighted by molar-refractivity contribution is 6.10. The first-order valence-electron chi connectivity index (χ1n) is 7.46. The van der Waals surface area contributed by atoms with Crippen LogP contribution in [0.3, 0.4) is 0 Å². The molecule has 0 radical (unpaired) electrons. The van der Waals surface area contributed by atoms with Gasteiger partial charge in [-0.1, -0.05) is 0 Å². The maximum absolute atomic E-state index is 12.1. The van der Waals surface area contributed by atoms with Gasteiger partial charge in [0.05, 0.1) is 11.3 Å². The summed E-state index contributed by atoms with van der Waals surface area (Å²) >= 11 is 0. The molecule has 0 atom stereocenters. The number of pyridine rings is 1. The molecule has 1 aromatic carbocycles. The van der Waals surface area contributed by atoms with E-state index in [9.17, 15) is 19.7 Å². The third-order valence-corrected chi connectivity index (χ3v) is 3.72. The zero-order valence-electron chi connectivity index (χ0n) is 13.2. The molecule has 8 heteroatoms. The number of carbonyl (C=O) groups is 1. The average molecular weight is 328 g/mol. The number of fused-ring (bicyclic) bond motifs is 3. The van der Waals surface area contributed by atoms with Crippen LogP contribution < -0.4 is 10.9 Å². The summed E-state index contributed by atoms with van der Waals surface area (Å²) in [5, 5.41) is 14.9. The Hall–Kier alpha value is -3.16. The molecule has 124 valence electrons. The molecule has 0 unspecified atom stereocenters. The van der Waals surface area contributed by atoms with Crippen molar-refractivity contribution in [3.8, 4) is 0 Å². The van der Waals surface area contributed by atoms with E-state index in [0.29, 0.717) is 27.4 Å². The largest absolute Gasteiger partial charge is 0.354 e. The van der Waals surface area contributed by atoms with Crippen LogP contribution in [0.1, 0.15) is 19.4 Å². The van der Waals surface area contributed by atoms with Crippen molar-refractivity contribution in [1.29, 1.82) is 0 Å². The number of nitro groups is 1. The average Bonchev–Trinajstić information content (AvgIpc) is 2.89. The summed E-state index contributed by atoms with van der Waals surface area (Å²) in [5.74, 6) is -0.182. The van der Waals surface area contributed by atoms with Gasteiger partial charge in [-0.3, -0.25) is 19.7 Å². The summed E-state index contributed by atoms with van der Waals surface area (Å²) < 4.78 is 0. The number of hydrogen-bond donors (Lipinski definition) is 3. The van der Waals surface area contributed by atoms with Crippen LogP contribution in [0.15, 0.2) is 29.2 Å². The smallest absolute Gasteiger partial charge is 0.272 e. The summed E-state index contributed by atoms with van der Waals surface area (Å²) in [6, 6.07) is 4.35. The number of hydrogen-bond acceptors (Lipinski definition) is 4. The second-order valence-electron chi connectivity index (χ2n) is 5.90. The highest BCUT2D eigenvalue weighted by atomic mass is 16.6. The Labute approximate surface area is 136 Å². The number of nitro benzene ring substituents is 1. The maximum Gasteiger partial charge on any atom is 0.272 e. The Morgan fingerprint density at radius 1 is 1.38 bits per heavy atom. The molecule has 0 bridgehead atoms. The molecule has 0 aliphatic rings. The molecular weight excluding hydrogens is 312 g/mol. The summed E-state index contributed by atoms with van der Waals surface area (Å²) in [5.41, 5.74) is 1.12. The van der Waals surface area contributed by atoms with Gasteiger partial charge in [0.15, 0.2) is 0 Å². The molecule has 0 fully saturated rings. The van der Waals surface area contributed by atoms with Crippen molar-refractivity contribution in [1.82, 2.24) is 15.3 Å². The number of carbonyl (C=O) groups excluding carboxylic acids is 1. The minimum atomic E-state index is -0.489. The van der Waals surface area contributed by atoms with E-state index >= 15 is 0 Å². The van der Waals surface area contributed by atoms with E-state index in [0.717, 1.165) is 0 Å². The van der Waals surface area contributed by atoms with Crippen LogP contribution in [0, 0.1) is 10.1 Å². The number of amides is 1. The number of aromatic amines is 2. The van der Waals surface area contributed by atoms with E-state index < -0.39 is 4.92 Å². The molecule has 3 aromatic rings. The van der Waals surface area contributed by atoms with Crippen LogP contribution >= 0.6 is 0 Å². The Kier molecular flexibility index (Phi) is 3.80. The van der Waals surface area contributed by atoms with E-state index in [2.05, 4.69) is 15.3 Å². The SMILES string of the molecule is CC(C)NC(=O)Cc1c[nH]c(=O)c2[nH]c3ccc([N+](=O)[O-])cc3c12. The molecule has 3 N–H and O–H groups in total. The number of rotatable bonds is 4. The van der Waals surface area contributed by atoms with Crippen LogP contribution in [0.5, 0.6) is 0 Å². The second-order valence-corrected chi connectivity index (χ2v) is 5.90. The first kappa shape index (κ1) is 15.7. The first-order valence-corrected chi connectivity index (χ1v) is 7.46. The van der Waals surface area contributed by atoms with Gasteiger partial charge in [0, 0.05) is 40.7 Å². The molecular formula is C16H16N4O4. The molecule has 24 heavy (non-hydrogen) atoms. The fraction of sp³-hybridized carbons (Fsp3) is 0.250. The fourth-order valence-electron chi connectivity index (χ4n) is 2.78. The number of non-ortho nitro benzene ring substituents is 1. The van der Waals surface area contributed by atoms with Crippen LogP contribution in [0.2, 0.25) is 0 Å². The second kappa shape index (κ2) is 5.80. The van der Waals surface area contributed by atoms with Crippen LogP contribution in [0.25, 0.3) is 21.8 Å². The van der Waals surface area contributed by atoms with Gasteiger partial charge in [-0.15, -0.1) is 0 Å². The standard InChI is InChI=1S/C16H16N4O4/c1-8(2)18-13(21)5-9-7-17-16(22)15-14(9)11-6-10(20(23)24)3-4-12(11)19-15/h3-4,6-8,19H,5H2,1-2H3,(H,17,22)(H,18,21). The molecule has 2 aromatic heterocycles. The zero-order chi connectivity index (χ0) is 17.4. The maximum atomic E-state index is 12.1. The topological polar surface area (TPSA) is 121 Å². The normalized spacial score (nSPS) is 11.3. The van der Waals surface area contributed by atoms with Gasteiger partial charge in [-0.25, -0.2) is 0 Å². The first-order chi connectivity index (χ1) is 11.4. The highest BCUT2D eigenvalue weighted by Gasteiger charge is 2.17. The van der Waals surface area contributed by atoms with Crippen molar-refractivity contribution in [3.05, 3.63) is 50.4 Å². The zero-order valence-corrected chi connectivity index (χ0v) is 13.2. The molecule has 2 heterocycles. The Bertz CT molecular complexity index is 1020. The van der Waals surface area contributed by atoms with Gasteiger partial charge >= 0.3 is 0 Å². The van der Waals surface area contributed by atoms with E-state index in [-0.39, 0.29) is 29.6 Å². The molecule has 0 aliphatic heterocycles. The molecule has 3 rings (SSSR count). The van der Waals surface area contributed by atoms with Gasteiger partial charge in [-0.2, -0.15) is 0 Å². The Balaban J connectivity index is 2.22. The van der Waals surface area contributed by atoms with E-state index in [1.165, 1.54) is 18.3 Å². The Morgan fingerprint density at radius 2 is 2.12 bits per heavy atom. The van der Waals surface area contributed by atoms with Crippen molar-refractivity contribution in [2.45, 2.75) is 26.3 Å². The van der Waals surface area contributed by atoms with Gasteiger partial charge in [-0.05, 0) is 25.5 Å². The van der Waals surface area contributed by atoms with Crippen LogP contribution in [-0.4, -0.2) is 26.8 Å². The number of nitrogens with zero attached hydrogens (tertiary/aromatic N) is 1. The number of nitrogens with one attached hydrogen (secondary N) is 3. The van der Waals surface area contributed by atoms with Gasteiger partial charge in [0.2, 0.25) is 5.91 Å². The minimum Gasteiger partial charge on any atom is -0.354 e. The summed E-state index contributed by atoms with van der Waals surface area (Å²) in [6.45, 7) is 3.71. The minimum absolute atomic E-state index is 0.000177. The van der Waals surface area contributed by atoms with Crippen LogP contribution in [-0.2, 0) is 11.2 Å². The van der Waals surface area contributed by atoms with Gasteiger partial charge in [0.25, 0.3) is 11.2 Å². The van der Waals surface area contributed by atoms with E-state index in [1.54, 1.807) is 6.07 Å². The van der Waals surface area contributed by atoms with E-state index in [1.807, 2.05) is 13.8 Å². The molecule has 0 saturated heterocycles. The predicted octanol–water partition coefficient (Wildman–Crippen LogP) is 1.98. The lowest BCUT2D eigenvalue weighted by Crippen LogP contribution is -2.31. The highest BCUT2D eigenvalue weighted by Crippen LogP contribution is 2.29. The van der Waals surface area contributed by atoms with Crippen LogP contribution in [0.4, 0.5) is 5.69 Å². The third-order valence-electron chi connectivity index (χ3n) is 3.72. The lowest BCUT2D eigenvalue weighted by molar-refractivity contribution is -0.384. The summed E-state index contributed by atoms with van der Waals surface area (Å²) in [4.78, 5) is 40.2. The van der Waals surface area contributed by atoms with Crippen molar-refractivity contribution in [2.24, 2.45) is 0 Å². The quantitative estimate of drug-likeness (QED) is 0.501. The molecule has 8 nitrogen and oxygen atoms in total. The number of H-pyrrole nitrogens is 2. The third kappa shape index (κ3) is 2.73. The molecule has 0 aliphatic carbocycles. The predicted molar refractivity (Wildman–Crippen MR) is 90.1 cm³/mol. The fourth-order valence-corrected chi connectivity index (χ4v) is 2.78. The lowest BCUT2D eigenvalue weighted by Gasteiger charge is -2.09.